The molecule has 0 aliphatic carbocycles. The maximum atomic E-state index is 11.5. The highest BCUT2D eigenvalue weighted by molar-refractivity contribution is 5.69. The summed E-state index contributed by atoms with van der Waals surface area (Å²) in [5, 5.41) is 8.55. The molecular weight excluding hydrogens is 652 g/mol. The SMILES string of the molecule is CCCCCCCCCCCCCOCCOCCOCCOCCOCCOCCOCCOCCOCCOC(=O)CCCCC(=O)O. The first kappa shape index (κ1) is 48.6. The van der Waals surface area contributed by atoms with E-state index >= 15 is 0 Å². The molecule has 0 spiro atoms. The summed E-state index contributed by atoms with van der Waals surface area (Å²) in [5.74, 6) is -1.20. The average molecular weight is 725 g/mol. The lowest BCUT2D eigenvalue weighted by Crippen LogP contribution is -2.15. The van der Waals surface area contributed by atoms with Gasteiger partial charge in [-0.25, -0.2) is 0 Å². The fourth-order valence-electron chi connectivity index (χ4n) is 4.56. The second-order valence-electron chi connectivity index (χ2n) is 11.9. The summed E-state index contributed by atoms with van der Waals surface area (Å²) in [6.07, 6.45) is 16.1. The van der Waals surface area contributed by atoms with Gasteiger partial charge in [-0.1, -0.05) is 71.1 Å². The van der Waals surface area contributed by atoms with Crippen molar-refractivity contribution in [3.05, 3.63) is 0 Å². The first-order valence-corrected chi connectivity index (χ1v) is 19.2. The van der Waals surface area contributed by atoms with Crippen LogP contribution in [0.1, 0.15) is 103 Å². The molecule has 0 saturated carbocycles. The molecule has 0 fully saturated rings. The van der Waals surface area contributed by atoms with Crippen LogP contribution in [0.5, 0.6) is 0 Å². The third kappa shape index (κ3) is 44.6. The van der Waals surface area contributed by atoms with E-state index in [1.54, 1.807) is 0 Å². The van der Waals surface area contributed by atoms with Crippen molar-refractivity contribution in [1.82, 2.24) is 0 Å². The monoisotopic (exact) mass is 724 g/mol. The van der Waals surface area contributed by atoms with Crippen LogP contribution in [0.15, 0.2) is 0 Å². The zero-order chi connectivity index (χ0) is 36.3. The maximum Gasteiger partial charge on any atom is 0.305 e. The van der Waals surface area contributed by atoms with Crippen LogP contribution in [-0.4, -0.2) is 143 Å². The third-order valence-corrected chi connectivity index (χ3v) is 7.38. The minimum atomic E-state index is -0.859. The molecule has 0 rings (SSSR count). The number of ether oxygens (including phenoxy) is 10. The van der Waals surface area contributed by atoms with Crippen molar-refractivity contribution in [2.24, 2.45) is 0 Å². The van der Waals surface area contributed by atoms with Crippen molar-refractivity contribution in [2.45, 2.75) is 103 Å². The van der Waals surface area contributed by atoms with Gasteiger partial charge in [-0.15, -0.1) is 0 Å². The van der Waals surface area contributed by atoms with Crippen LogP contribution < -0.4 is 0 Å². The molecule has 0 unspecified atom stereocenters. The van der Waals surface area contributed by atoms with Crippen molar-refractivity contribution in [1.29, 1.82) is 0 Å². The Morgan fingerprint density at radius 2 is 0.620 bits per heavy atom. The van der Waals surface area contributed by atoms with Crippen molar-refractivity contribution < 1.29 is 62.1 Å². The molecule has 0 aliphatic rings. The zero-order valence-electron chi connectivity index (χ0n) is 31.4. The molecule has 0 radical (unpaired) electrons. The fourth-order valence-corrected chi connectivity index (χ4v) is 4.56. The molecule has 0 atom stereocenters. The molecule has 0 heterocycles. The van der Waals surface area contributed by atoms with Gasteiger partial charge >= 0.3 is 11.9 Å². The maximum absolute atomic E-state index is 11.5. The van der Waals surface area contributed by atoms with Crippen LogP contribution in [0.25, 0.3) is 0 Å². The van der Waals surface area contributed by atoms with E-state index < -0.39 is 5.97 Å². The minimum Gasteiger partial charge on any atom is -0.481 e. The van der Waals surface area contributed by atoms with Gasteiger partial charge in [0.15, 0.2) is 0 Å². The predicted molar refractivity (Wildman–Crippen MR) is 191 cm³/mol. The van der Waals surface area contributed by atoms with Crippen LogP contribution in [0.2, 0.25) is 0 Å². The molecule has 50 heavy (non-hydrogen) atoms. The van der Waals surface area contributed by atoms with Crippen LogP contribution in [0, 0.1) is 0 Å². The standard InChI is InChI=1S/C37H72O13/c1-2-3-4-5-6-7-8-9-10-11-14-17-41-18-19-42-20-21-43-22-23-44-24-25-45-26-27-46-28-29-47-30-31-48-32-33-49-34-35-50-37(40)16-13-12-15-36(38)39/h2-35H2,1H3,(H,38,39). The van der Waals surface area contributed by atoms with Crippen molar-refractivity contribution >= 4 is 11.9 Å². The number of hydrogen-bond acceptors (Lipinski definition) is 12. The number of aliphatic carboxylic acids is 1. The number of rotatable bonds is 44. The van der Waals surface area contributed by atoms with Gasteiger partial charge in [-0.05, 0) is 19.3 Å². The highest BCUT2D eigenvalue weighted by Crippen LogP contribution is 2.11. The summed E-state index contributed by atoms with van der Waals surface area (Å²) in [4.78, 5) is 21.9. The molecule has 298 valence electrons. The summed E-state index contributed by atoms with van der Waals surface area (Å²) in [6.45, 7) is 11.6. The number of carboxylic acids is 1. The molecule has 13 heteroatoms. The Hall–Kier alpha value is -1.42. The number of esters is 1. The minimum absolute atomic E-state index is 0.0635. The van der Waals surface area contributed by atoms with Crippen molar-refractivity contribution in [3.63, 3.8) is 0 Å². The average Bonchev–Trinajstić information content (AvgIpc) is 3.11. The summed E-state index contributed by atoms with van der Waals surface area (Å²) in [7, 11) is 0. The van der Waals surface area contributed by atoms with Gasteiger partial charge in [0.2, 0.25) is 0 Å². The van der Waals surface area contributed by atoms with E-state index in [1.165, 1.54) is 64.2 Å². The molecule has 0 aromatic carbocycles. The van der Waals surface area contributed by atoms with E-state index in [-0.39, 0.29) is 32.0 Å². The van der Waals surface area contributed by atoms with Crippen LogP contribution in [0.3, 0.4) is 0 Å². The number of carboxylic acid groups (broad SMARTS) is 1. The van der Waals surface area contributed by atoms with Gasteiger partial charge in [-0.3, -0.25) is 9.59 Å². The number of carbonyl (C=O) groups excluding carboxylic acids is 1. The van der Waals surface area contributed by atoms with Gasteiger partial charge in [0, 0.05) is 19.4 Å². The first-order chi connectivity index (χ1) is 24.7. The van der Waals surface area contributed by atoms with Crippen LogP contribution in [0.4, 0.5) is 0 Å². The van der Waals surface area contributed by atoms with Gasteiger partial charge < -0.3 is 52.5 Å². The van der Waals surface area contributed by atoms with Crippen LogP contribution >= 0.6 is 0 Å². The van der Waals surface area contributed by atoms with E-state index in [9.17, 15) is 9.59 Å². The molecule has 0 aromatic rings. The smallest absolute Gasteiger partial charge is 0.305 e. The Labute approximate surface area is 302 Å². The largest absolute Gasteiger partial charge is 0.481 e. The van der Waals surface area contributed by atoms with Gasteiger partial charge in [0.05, 0.1) is 112 Å². The number of unbranched alkanes of at least 4 members (excludes halogenated alkanes) is 11. The highest BCUT2D eigenvalue weighted by atomic mass is 16.6. The summed E-state index contributed by atoms with van der Waals surface area (Å²) in [5.41, 5.74) is 0. The Balaban J connectivity index is 3.09. The topological polar surface area (TPSA) is 147 Å². The van der Waals surface area contributed by atoms with E-state index in [1.807, 2.05) is 0 Å². The summed E-state index contributed by atoms with van der Waals surface area (Å²) < 4.78 is 54.4. The van der Waals surface area contributed by atoms with Crippen LogP contribution in [-0.2, 0) is 57.0 Å². The van der Waals surface area contributed by atoms with Gasteiger partial charge in [0.1, 0.15) is 6.61 Å². The van der Waals surface area contributed by atoms with Crippen molar-refractivity contribution in [2.75, 3.05) is 126 Å². The fraction of sp³-hybridized carbons (Fsp3) is 0.946. The normalized spacial score (nSPS) is 11.4. The molecule has 0 aromatic heterocycles. The lowest BCUT2D eigenvalue weighted by molar-refractivity contribution is -0.146. The zero-order valence-corrected chi connectivity index (χ0v) is 31.4. The van der Waals surface area contributed by atoms with E-state index in [0.29, 0.717) is 119 Å². The molecular formula is C37H72O13. The molecule has 1 N–H and O–H groups in total. The predicted octanol–water partition coefficient (Wildman–Crippen LogP) is 5.64. The summed E-state index contributed by atoms with van der Waals surface area (Å²) >= 11 is 0. The first-order valence-electron chi connectivity index (χ1n) is 19.2. The second-order valence-corrected chi connectivity index (χ2v) is 11.9. The summed E-state index contributed by atoms with van der Waals surface area (Å²) in [6, 6.07) is 0. The molecule has 0 bridgehead atoms. The Morgan fingerprint density at radius 1 is 0.340 bits per heavy atom. The Kier molecular flexibility index (Phi) is 42.5. The van der Waals surface area contributed by atoms with E-state index in [4.69, 9.17) is 52.5 Å². The Morgan fingerprint density at radius 3 is 0.960 bits per heavy atom. The Bertz CT molecular complexity index is 684. The van der Waals surface area contributed by atoms with E-state index in [2.05, 4.69) is 6.92 Å². The molecule has 13 nitrogen and oxygen atoms in total. The number of hydrogen-bond donors (Lipinski definition) is 1. The lowest BCUT2D eigenvalue weighted by atomic mass is 10.1. The second kappa shape index (κ2) is 43.7. The molecule has 0 saturated heterocycles. The van der Waals surface area contributed by atoms with Crippen molar-refractivity contribution in [3.8, 4) is 0 Å². The molecule has 0 amide bonds. The third-order valence-electron chi connectivity index (χ3n) is 7.38. The number of carbonyl (C=O) groups is 2. The molecule has 0 aliphatic heterocycles. The van der Waals surface area contributed by atoms with Gasteiger partial charge in [-0.2, -0.15) is 0 Å². The van der Waals surface area contributed by atoms with Gasteiger partial charge in [0.25, 0.3) is 0 Å². The van der Waals surface area contributed by atoms with E-state index in [0.717, 1.165) is 13.0 Å². The highest BCUT2D eigenvalue weighted by Gasteiger charge is 2.04. The quantitative estimate of drug-likeness (QED) is 0.0612. The lowest BCUT2D eigenvalue weighted by Gasteiger charge is -2.09.